The third-order valence-electron chi connectivity index (χ3n) is 6.75. The fraction of sp³-hybridized carbons (Fsp3) is 0.321. The molecule has 2 heterocycles. The smallest absolute Gasteiger partial charge is 0.185 e. The number of carbonyl (C=O) groups excluding carboxylic acids is 1. The average molecular weight is 457 g/mol. The minimum atomic E-state index is -0.185. The number of ketones is 1. The van der Waals surface area contributed by atoms with E-state index >= 15 is 0 Å². The first-order valence-corrected chi connectivity index (χ1v) is 12.0. The van der Waals surface area contributed by atoms with Crippen molar-refractivity contribution in [1.29, 1.82) is 0 Å². The number of aryl methyl sites for hydroxylation is 1. The molecule has 6 heteroatoms. The quantitative estimate of drug-likeness (QED) is 0.376. The maximum absolute atomic E-state index is 13.4. The predicted octanol–water partition coefficient (Wildman–Crippen LogP) is 5.50. The SMILES string of the molecule is O=C(/C=C/C1CCN(Cc2cccc(F)c2)CC1)c1ccc(Nc2ncnc3c2CCC3)cc1. The first-order valence-electron chi connectivity index (χ1n) is 12.0. The highest BCUT2D eigenvalue weighted by molar-refractivity contribution is 6.04. The lowest BCUT2D eigenvalue weighted by Crippen LogP contribution is -2.32. The first kappa shape index (κ1) is 22.4. The van der Waals surface area contributed by atoms with Gasteiger partial charge in [0.25, 0.3) is 0 Å². The van der Waals surface area contributed by atoms with Crippen molar-refractivity contribution in [2.24, 2.45) is 5.92 Å². The summed E-state index contributed by atoms with van der Waals surface area (Å²) in [5, 5.41) is 3.37. The Balaban J connectivity index is 1.12. The summed E-state index contributed by atoms with van der Waals surface area (Å²) in [7, 11) is 0. The summed E-state index contributed by atoms with van der Waals surface area (Å²) in [6, 6.07) is 14.4. The number of halogens is 1. The van der Waals surface area contributed by atoms with Gasteiger partial charge in [0.05, 0.1) is 0 Å². The van der Waals surface area contributed by atoms with E-state index in [1.807, 2.05) is 30.3 Å². The highest BCUT2D eigenvalue weighted by Gasteiger charge is 2.19. The van der Waals surface area contributed by atoms with Gasteiger partial charge in [0, 0.05) is 29.1 Å². The van der Waals surface area contributed by atoms with Crippen molar-refractivity contribution in [1.82, 2.24) is 14.9 Å². The average Bonchev–Trinajstić information content (AvgIpc) is 3.34. The van der Waals surface area contributed by atoms with Gasteiger partial charge in [-0.2, -0.15) is 0 Å². The number of fused-ring (bicyclic) bond motifs is 1. The third-order valence-corrected chi connectivity index (χ3v) is 6.75. The second-order valence-electron chi connectivity index (χ2n) is 9.17. The van der Waals surface area contributed by atoms with E-state index in [0.717, 1.165) is 74.5 Å². The molecule has 5 nitrogen and oxygen atoms in total. The Morgan fingerprint density at radius 2 is 1.91 bits per heavy atom. The summed E-state index contributed by atoms with van der Waals surface area (Å²) >= 11 is 0. The van der Waals surface area contributed by atoms with Gasteiger partial charge in [0.1, 0.15) is 18.0 Å². The number of hydrogen-bond donors (Lipinski definition) is 1. The summed E-state index contributed by atoms with van der Waals surface area (Å²) in [5.41, 5.74) is 4.94. The molecule has 0 radical (unpaired) electrons. The molecule has 1 aliphatic carbocycles. The number of anilines is 2. The third kappa shape index (κ3) is 5.39. The number of hydrogen-bond acceptors (Lipinski definition) is 5. The lowest BCUT2D eigenvalue weighted by Gasteiger charge is -2.30. The topological polar surface area (TPSA) is 58.1 Å². The predicted molar refractivity (Wildman–Crippen MR) is 132 cm³/mol. The Labute approximate surface area is 199 Å². The van der Waals surface area contributed by atoms with E-state index in [1.165, 1.54) is 11.6 Å². The molecule has 0 atom stereocenters. The number of carbonyl (C=O) groups is 1. The molecule has 2 aromatic carbocycles. The standard InChI is InChI=1S/C28H29FN4O/c29-23-4-1-3-21(17-23)18-33-15-13-20(14-16-33)7-12-27(34)22-8-10-24(11-9-22)32-28-25-5-2-6-26(25)30-19-31-28/h1,3-4,7-12,17,19-20H,2,5-6,13-16,18H2,(H,30,31,32)/b12-7+. The van der Waals surface area contributed by atoms with Crippen molar-refractivity contribution in [2.45, 2.75) is 38.6 Å². The van der Waals surface area contributed by atoms with Crippen LogP contribution in [-0.2, 0) is 19.4 Å². The van der Waals surface area contributed by atoms with Gasteiger partial charge in [-0.05, 0) is 99.1 Å². The van der Waals surface area contributed by atoms with Crippen LogP contribution >= 0.6 is 0 Å². The molecule has 0 saturated carbocycles. The van der Waals surface area contributed by atoms with Crippen LogP contribution in [0.2, 0.25) is 0 Å². The minimum Gasteiger partial charge on any atom is -0.340 e. The van der Waals surface area contributed by atoms with Crippen LogP contribution in [0.3, 0.4) is 0 Å². The highest BCUT2D eigenvalue weighted by atomic mass is 19.1. The Morgan fingerprint density at radius 3 is 2.71 bits per heavy atom. The first-order chi connectivity index (χ1) is 16.6. The maximum atomic E-state index is 13.4. The fourth-order valence-corrected chi connectivity index (χ4v) is 4.84. The molecule has 3 aromatic rings. The van der Waals surface area contributed by atoms with Crippen LogP contribution < -0.4 is 5.32 Å². The van der Waals surface area contributed by atoms with Gasteiger partial charge in [-0.25, -0.2) is 14.4 Å². The van der Waals surface area contributed by atoms with Crippen molar-refractivity contribution in [2.75, 3.05) is 18.4 Å². The zero-order chi connectivity index (χ0) is 23.3. The maximum Gasteiger partial charge on any atom is 0.185 e. The van der Waals surface area contributed by atoms with E-state index in [0.29, 0.717) is 11.5 Å². The molecule has 1 saturated heterocycles. The van der Waals surface area contributed by atoms with Crippen LogP contribution in [0.25, 0.3) is 0 Å². The molecule has 0 spiro atoms. The number of benzene rings is 2. The van der Waals surface area contributed by atoms with Gasteiger partial charge >= 0.3 is 0 Å². The van der Waals surface area contributed by atoms with Crippen LogP contribution in [0.1, 0.15) is 46.4 Å². The Morgan fingerprint density at radius 1 is 1.09 bits per heavy atom. The Bertz CT molecular complexity index is 1180. The molecular formula is C28H29FN4O. The molecule has 2 aliphatic rings. The number of likely N-dealkylation sites (tertiary alicyclic amines) is 1. The summed E-state index contributed by atoms with van der Waals surface area (Å²) in [6.07, 6.45) is 10.5. The summed E-state index contributed by atoms with van der Waals surface area (Å²) < 4.78 is 13.4. The molecule has 34 heavy (non-hydrogen) atoms. The van der Waals surface area contributed by atoms with Gasteiger partial charge in [0.15, 0.2) is 5.78 Å². The van der Waals surface area contributed by atoms with Crippen LogP contribution in [0.5, 0.6) is 0 Å². The van der Waals surface area contributed by atoms with Gasteiger partial charge in [-0.3, -0.25) is 9.69 Å². The van der Waals surface area contributed by atoms with Gasteiger partial charge in [0.2, 0.25) is 0 Å². The fourth-order valence-electron chi connectivity index (χ4n) is 4.84. The van der Waals surface area contributed by atoms with E-state index in [2.05, 4.69) is 26.3 Å². The summed E-state index contributed by atoms with van der Waals surface area (Å²) in [5.74, 6) is 1.10. The molecule has 5 rings (SSSR count). The number of piperidine rings is 1. The Hall–Kier alpha value is -3.38. The molecule has 0 amide bonds. The van der Waals surface area contributed by atoms with Crippen molar-refractivity contribution >= 4 is 17.3 Å². The minimum absolute atomic E-state index is 0.0247. The molecule has 174 valence electrons. The van der Waals surface area contributed by atoms with Crippen molar-refractivity contribution in [3.05, 3.63) is 95.2 Å². The second-order valence-corrected chi connectivity index (χ2v) is 9.17. The molecule has 1 N–H and O–H groups in total. The highest BCUT2D eigenvalue weighted by Crippen LogP contribution is 2.27. The zero-order valence-electron chi connectivity index (χ0n) is 19.2. The summed E-state index contributed by atoms with van der Waals surface area (Å²) in [6.45, 7) is 2.67. The van der Waals surface area contributed by atoms with Crippen LogP contribution in [0, 0.1) is 11.7 Å². The number of rotatable bonds is 7. The molecule has 1 aliphatic heterocycles. The van der Waals surface area contributed by atoms with Crippen molar-refractivity contribution in [3.8, 4) is 0 Å². The van der Waals surface area contributed by atoms with E-state index in [9.17, 15) is 9.18 Å². The van der Waals surface area contributed by atoms with Gasteiger partial charge < -0.3 is 5.32 Å². The molecule has 0 bridgehead atoms. The number of allylic oxidation sites excluding steroid dienone is 2. The molecule has 1 fully saturated rings. The van der Waals surface area contributed by atoms with Crippen LogP contribution in [0.15, 0.2) is 67.0 Å². The largest absolute Gasteiger partial charge is 0.340 e. The van der Waals surface area contributed by atoms with E-state index in [4.69, 9.17) is 0 Å². The molecule has 0 unspecified atom stereocenters. The zero-order valence-corrected chi connectivity index (χ0v) is 19.2. The van der Waals surface area contributed by atoms with E-state index in [1.54, 1.807) is 24.5 Å². The van der Waals surface area contributed by atoms with Crippen LogP contribution in [0.4, 0.5) is 15.9 Å². The lowest BCUT2D eigenvalue weighted by atomic mass is 9.95. The number of nitrogens with zero attached hydrogens (tertiary/aromatic N) is 3. The van der Waals surface area contributed by atoms with Crippen LogP contribution in [-0.4, -0.2) is 33.7 Å². The summed E-state index contributed by atoms with van der Waals surface area (Å²) in [4.78, 5) is 23.8. The number of nitrogens with one attached hydrogen (secondary N) is 1. The normalized spacial score (nSPS) is 16.6. The van der Waals surface area contributed by atoms with E-state index < -0.39 is 0 Å². The Kier molecular flexibility index (Phi) is 6.77. The number of aromatic nitrogens is 2. The molecule has 1 aromatic heterocycles. The second kappa shape index (κ2) is 10.3. The van der Waals surface area contributed by atoms with Crippen molar-refractivity contribution < 1.29 is 9.18 Å². The molecular weight excluding hydrogens is 427 g/mol. The van der Waals surface area contributed by atoms with Gasteiger partial charge in [-0.1, -0.05) is 18.2 Å². The van der Waals surface area contributed by atoms with Crippen molar-refractivity contribution in [3.63, 3.8) is 0 Å². The lowest BCUT2D eigenvalue weighted by molar-refractivity contribution is 0.104. The van der Waals surface area contributed by atoms with Gasteiger partial charge in [-0.15, -0.1) is 0 Å². The monoisotopic (exact) mass is 456 g/mol. The van der Waals surface area contributed by atoms with E-state index in [-0.39, 0.29) is 11.6 Å².